The fourth-order valence-electron chi connectivity index (χ4n) is 3.84. The van der Waals surface area contributed by atoms with Crippen LogP contribution in [0.1, 0.15) is 39.7 Å². The first-order chi connectivity index (χ1) is 13.8. The summed E-state index contributed by atoms with van der Waals surface area (Å²) in [5, 5.41) is 2.32. The number of nitrogens with one attached hydrogen (secondary N) is 1. The molecule has 2 heterocycles. The van der Waals surface area contributed by atoms with Gasteiger partial charge in [-0.15, -0.1) is 0 Å². The fourth-order valence-corrected chi connectivity index (χ4v) is 3.84. The van der Waals surface area contributed by atoms with Crippen LogP contribution in [0.3, 0.4) is 0 Å². The molecular formula is C23H27N3O3. The maximum atomic E-state index is 12.6. The van der Waals surface area contributed by atoms with Crippen molar-refractivity contribution < 1.29 is 9.53 Å². The third kappa shape index (κ3) is 4.21. The number of likely N-dealkylation sites (tertiary alicyclic amines) is 1. The molecule has 1 amide bonds. The second kappa shape index (κ2) is 7.43. The predicted molar refractivity (Wildman–Crippen MR) is 114 cm³/mol. The Hall–Kier alpha value is -3.02. The number of carbonyl (C=O) groups excluding carboxylic acids is 1. The van der Waals surface area contributed by atoms with Gasteiger partial charge in [-0.1, -0.05) is 36.4 Å². The Morgan fingerprint density at radius 2 is 1.76 bits per heavy atom. The van der Waals surface area contributed by atoms with E-state index in [1.807, 2.05) is 45.2 Å². The third-order valence-electron chi connectivity index (χ3n) is 5.31. The molecular weight excluding hydrogens is 366 g/mol. The first-order valence-electron chi connectivity index (χ1n) is 10.1. The normalized spacial score (nSPS) is 15.6. The van der Waals surface area contributed by atoms with Crippen molar-refractivity contribution in [3.05, 3.63) is 59.1 Å². The monoisotopic (exact) mass is 393 g/mol. The Labute approximate surface area is 170 Å². The van der Waals surface area contributed by atoms with E-state index in [0.717, 1.165) is 29.5 Å². The molecule has 2 aromatic carbocycles. The van der Waals surface area contributed by atoms with Crippen molar-refractivity contribution in [3.8, 4) is 11.3 Å². The maximum Gasteiger partial charge on any atom is 0.410 e. The molecule has 1 saturated heterocycles. The summed E-state index contributed by atoms with van der Waals surface area (Å²) in [5.41, 5.74) is 1.20. The molecule has 0 bridgehead atoms. The Morgan fingerprint density at radius 1 is 1.07 bits per heavy atom. The number of aromatic nitrogens is 2. The number of hydrogen-bond acceptors (Lipinski definition) is 3. The number of piperidine rings is 1. The van der Waals surface area contributed by atoms with Crippen LogP contribution in [0.4, 0.5) is 4.79 Å². The van der Waals surface area contributed by atoms with Crippen LogP contribution >= 0.6 is 0 Å². The van der Waals surface area contributed by atoms with E-state index in [4.69, 9.17) is 4.74 Å². The van der Waals surface area contributed by atoms with Gasteiger partial charge in [0.05, 0.1) is 5.69 Å². The molecule has 6 heteroatoms. The molecule has 3 aromatic rings. The minimum atomic E-state index is -0.500. The van der Waals surface area contributed by atoms with Crippen LogP contribution in [0, 0.1) is 0 Å². The van der Waals surface area contributed by atoms with E-state index in [1.54, 1.807) is 9.47 Å². The maximum absolute atomic E-state index is 12.6. The summed E-state index contributed by atoms with van der Waals surface area (Å²) in [7, 11) is 0. The molecule has 1 aliphatic heterocycles. The van der Waals surface area contributed by atoms with Gasteiger partial charge in [-0.3, -0.25) is 4.57 Å². The first kappa shape index (κ1) is 19.3. The Balaban J connectivity index is 1.49. The van der Waals surface area contributed by atoms with Crippen molar-refractivity contribution in [2.24, 2.45) is 0 Å². The highest BCUT2D eigenvalue weighted by Gasteiger charge is 2.28. The van der Waals surface area contributed by atoms with Gasteiger partial charge in [0.1, 0.15) is 5.60 Å². The van der Waals surface area contributed by atoms with Gasteiger partial charge in [-0.05, 0) is 50.5 Å². The van der Waals surface area contributed by atoms with E-state index in [9.17, 15) is 9.59 Å². The lowest BCUT2D eigenvalue weighted by molar-refractivity contribution is 0.0187. The van der Waals surface area contributed by atoms with Gasteiger partial charge in [-0.25, -0.2) is 9.59 Å². The van der Waals surface area contributed by atoms with Crippen LogP contribution in [-0.4, -0.2) is 39.2 Å². The van der Waals surface area contributed by atoms with Gasteiger partial charge in [0.25, 0.3) is 0 Å². The summed E-state index contributed by atoms with van der Waals surface area (Å²) < 4.78 is 7.23. The number of amides is 1. The molecule has 0 spiro atoms. The SMILES string of the molecule is CC(C)(C)OC(=O)N1CCC(n2cc(-c3ccc4ccccc4c3)[nH]c2=O)CC1. The highest BCUT2D eigenvalue weighted by atomic mass is 16.6. The van der Waals surface area contributed by atoms with Gasteiger partial charge in [0, 0.05) is 30.9 Å². The molecule has 6 nitrogen and oxygen atoms in total. The second-order valence-corrected chi connectivity index (χ2v) is 8.64. The molecule has 0 saturated carbocycles. The number of carbonyl (C=O) groups is 1. The average Bonchev–Trinajstić information content (AvgIpc) is 3.08. The van der Waals surface area contributed by atoms with E-state index >= 15 is 0 Å². The van der Waals surface area contributed by atoms with Crippen molar-refractivity contribution >= 4 is 16.9 Å². The summed E-state index contributed by atoms with van der Waals surface area (Å²) in [6.07, 6.45) is 3.08. The predicted octanol–water partition coefficient (Wildman–Crippen LogP) is 4.57. The minimum Gasteiger partial charge on any atom is -0.444 e. The number of benzene rings is 2. The van der Waals surface area contributed by atoms with E-state index in [-0.39, 0.29) is 17.8 Å². The number of nitrogens with zero attached hydrogens (tertiary/aromatic N) is 2. The molecule has 1 aliphatic rings. The topological polar surface area (TPSA) is 67.3 Å². The average molecular weight is 393 g/mol. The highest BCUT2D eigenvalue weighted by molar-refractivity contribution is 5.86. The molecule has 0 atom stereocenters. The highest BCUT2D eigenvalue weighted by Crippen LogP contribution is 2.26. The summed E-state index contributed by atoms with van der Waals surface area (Å²) in [4.78, 5) is 29.5. The fraction of sp³-hybridized carbons (Fsp3) is 0.391. The summed E-state index contributed by atoms with van der Waals surface area (Å²) in [6, 6.07) is 14.4. The zero-order valence-electron chi connectivity index (χ0n) is 17.1. The van der Waals surface area contributed by atoms with E-state index in [2.05, 4.69) is 29.2 Å². The van der Waals surface area contributed by atoms with Gasteiger partial charge < -0.3 is 14.6 Å². The molecule has 1 fully saturated rings. The Morgan fingerprint density at radius 3 is 2.45 bits per heavy atom. The molecule has 29 heavy (non-hydrogen) atoms. The van der Waals surface area contributed by atoms with Crippen molar-refractivity contribution in [2.75, 3.05) is 13.1 Å². The molecule has 0 radical (unpaired) electrons. The second-order valence-electron chi connectivity index (χ2n) is 8.64. The van der Waals surface area contributed by atoms with Gasteiger partial charge in [0.2, 0.25) is 0 Å². The molecule has 0 aliphatic carbocycles. The van der Waals surface area contributed by atoms with Crippen LogP contribution in [-0.2, 0) is 4.74 Å². The number of hydrogen-bond donors (Lipinski definition) is 1. The van der Waals surface area contributed by atoms with Crippen molar-refractivity contribution in [3.63, 3.8) is 0 Å². The van der Waals surface area contributed by atoms with Crippen LogP contribution < -0.4 is 5.69 Å². The lowest BCUT2D eigenvalue weighted by atomic mass is 10.0. The Kier molecular flexibility index (Phi) is 4.94. The zero-order chi connectivity index (χ0) is 20.6. The van der Waals surface area contributed by atoms with Crippen molar-refractivity contribution in [1.82, 2.24) is 14.5 Å². The van der Waals surface area contributed by atoms with E-state index < -0.39 is 5.60 Å². The number of aromatic amines is 1. The number of fused-ring (bicyclic) bond motifs is 1. The largest absolute Gasteiger partial charge is 0.444 e. The molecule has 1 aromatic heterocycles. The van der Waals surface area contributed by atoms with Crippen LogP contribution in [0.2, 0.25) is 0 Å². The smallest absolute Gasteiger partial charge is 0.410 e. The van der Waals surface area contributed by atoms with Crippen molar-refractivity contribution in [2.45, 2.75) is 45.3 Å². The van der Waals surface area contributed by atoms with Crippen LogP contribution in [0.15, 0.2) is 53.5 Å². The summed E-state index contributed by atoms with van der Waals surface area (Å²) >= 11 is 0. The number of ether oxygens (including phenoxy) is 1. The van der Waals surface area contributed by atoms with Crippen LogP contribution in [0.5, 0.6) is 0 Å². The van der Waals surface area contributed by atoms with Gasteiger partial charge in [-0.2, -0.15) is 0 Å². The van der Waals surface area contributed by atoms with Gasteiger partial charge >= 0.3 is 11.8 Å². The lowest BCUT2D eigenvalue weighted by Crippen LogP contribution is -2.42. The minimum absolute atomic E-state index is 0.0756. The lowest BCUT2D eigenvalue weighted by Gasteiger charge is -2.33. The van der Waals surface area contributed by atoms with E-state index in [1.165, 1.54) is 5.39 Å². The molecule has 152 valence electrons. The zero-order valence-corrected chi connectivity index (χ0v) is 17.1. The van der Waals surface area contributed by atoms with E-state index in [0.29, 0.717) is 13.1 Å². The number of imidazole rings is 1. The quantitative estimate of drug-likeness (QED) is 0.694. The van der Waals surface area contributed by atoms with Gasteiger partial charge in [0.15, 0.2) is 0 Å². The summed E-state index contributed by atoms with van der Waals surface area (Å²) in [6.45, 7) is 6.77. The Bertz CT molecular complexity index is 1080. The molecule has 4 rings (SSSR count). The number of rotatable bonds is 2. The number of H-pyrrole nitrogens is 1. The standard InChI is InChI=1S/C23H27N3O3/c1-23(2,3)29-22(28)25-12-10-19(11-13-25)26-15-20(24-21(26)27)18-9-8-16-6-4-5-7-17(16)14-18/h4-9,14-15,19H,10-13H2,1-3H3,(H,24,27). The molecule has 0 unspecified atom stereocenters. The molecule has 1 N–H and O–H groups in total. The van der Waals surface area contributed by atoms with Crippen LogP contribution in [0.25, 0.3) is 22.0 Å². The summed E-state index contributed by atoms with van der Waals surface area (Å²) in [5.74, 6) is 0. The van der Waals surface area contributed by atoms with Crippen molar-refractivity contribution in [1.29, 1.82) is 0 Å². The third-order valence-corrected chi connectivity index (χ3v) is 5.31. The first-order valence-corrected chi connectivity index (χ1v) is 10.1.